The molecule has 0 radical (unpaired) electrons. The Labute approximate surface area is 145 Å². The molecule has 8 nitrogen and oxygen atoms in total. The highest BCUT2D eigenvalue weighted by Crippen LogP contribution is 2.15. The third kappa shape index (κ3) is 6.06. The van der Waals surface area contributed by atoms with Crippen molar-refractivity contribution in [3.05, 3.63) is 46.0 Å². The average molecular weight is 345 g/mol. The van der Waals surface area contributed by atoms with Gasteiger partial charge in [0.1, 0.15) is 5.54 Å². The SMILES string of the molecule is CC(C)C(C)(C#N)NC(=O)COC(=O)/C=C/c1cccc([N+](=O)[O-])c1. The lowest BCUT2D eigenvalue weighted by atomic mass is 9.90. The van der Waals surface area contributed by atoms with Gasteiger partial charge >= 0.3 is 5.97 Å². The minimum Gasteiger partial charge on any atom is -0.452 e. The van der Waals surface area contributed by atoms with Crippen LogP contribution >= 0.6 is 0 Å². The van der Waals surface area contributed by atoms with Gasteiger partial charge < -0.3 is 10.1 Å². The molecule has 132 valence electrons. The van der Waals surface area contributed by atoms with E-state index in [1.165, 1.54) is 24.3 Å². The zero-order chi connectivity index (χ0) is 19.0. The summed E-state index contributed by atoms with van der Waals surface area (Å²) in [5.74, 6) is -1.48. The first-order valence-corrected chi connectivity index (χ1v) is 7.49. The molecule has 0 saturated carbocycles. The molecule has 0 aromatic heterocycles. The highest BCUT2D eigenvalue weighted by molar-refractivity contribution is 5.89. The molecule has 25 heavy (non-hydrogen) atoms. The highest BCUT2D eigenvalue weighted by Gasteiger charge is 2.30. The van der Waals surface area contributed by atoms with E-state index in [2.05, 4.69) is 5.32 Å². The predicted molar refractivity (Wildman–Crippen MR) is 90.1 cm³/mol. The first kappa shape index (κ1) is 19.8. The van der Waals surface area contributed by atoms with Crippen LogP contribution < -0.4 is 5.32 Å². The molecular formula is C17H19N3O5. The molecule has 0 saturated heterocycles. The summed E-state index contributed by atoms with van der Waals surface area (Å²) in [5.41, 5.74) is -0.700. The maximum Gasteiger partial charge on any atom is 0.331 e. The van der Waals surface area contributed by atoms with Crippen molar-refractivity contribution in [1.82, 2.24) is 5.32 Å². The van der Waals surface area contributed by atoms with Gasteiger partial charge in [-0.1, -0.05) is 26.0 Å². The van der Waals surface area contributed by atoms with Crippen LogP contribution in [0.4, 0.5) is 5.69 Å². The van der Waals surface area contributed by atoms with Crippen LogP contribution in [0, 0.1) is 27.4 Å². The van der Waals surface area contributed by atoms with Gasteiger partial charge in [-0.3, -0.25) is 14.9 Å². The van der Waals surface area contributed by atoms with E-state index in [4.69, 9.17) is 10.00 Å². The maximum atomic E-state index is 11.8. The van der Waals surface area contributed by atoms with E-state index < -0.39 is 28.9 Å². The number of hydrogen-bond donors (Lipinski definition) is 1. The Kier molecular flexibility index (Phi) is 6.81. The summed E-state index contributed by atoms with van der Waals surface area (Å²) in [4.78, 5) is 33.5. The van der Waals surface area contributed by atoms with Crippen molar-refractivity contribution in [3.8, 4) is 6.07 Å². The summed E-state index contributed by atoms with van der Waals surface area (Å²) in [6.45, 7) is 4.64. The van der Waals surface area contributed by atoms with E-state index in [1.54, 1.807) is 26.8 Å². The number of carbonyl (C=O) groups excluding carboxylic acids is 2. The molecule has 0 aliphatic heterocycles. The second-order valence-corrected chi connectivity index (χ2v) is 5.81. The zero-order valence-electron chi connectivity index (χ0n) is 14.2. The number of nitriles is 1. The van der Waals surface area contributed by atoms with E-state index in [9.17, 15) is 19.7 Å². The van der Waals surface area contributed by atoms with E-state index >= 15 is 0 Å². The maximum absolute atomic E-state index is 11.8. The Morgan fingerprint density at radius 3 is 2.72 bits per heavy atom. The summed E-state index contributed by atoms with van der Waals surface area (Å²) in [7, 11) is 0. The van der Waals surface area contributed by atoms with Gasteiger partial charge in [-0.25, -0.2) is 4.79 Å². The number of nitrogens with one attached hydrogen (secondary N) is 1. The molecule has 0 aliphatic carbocycles. The lowest BCUT2D eigenvalue weighted by molar-refractivity contribution is -0.384. The van der Waals surface area contributed by atoms with E-state index in [-0.39, 0.29) is 11.6 Å². The van der Waals surface area contributed by atoms with Crippen molar-refractivity contribution in [2.75, 3.05) is 6.61 Å². The number of hydrogen-bond acceptors (Lipinski definition) is 6. The number of non-ortho nitro benzene ring substituents is 1. The first-order chi connectivity index (χ1) is 11.7. The number of ether oxygens (including phenoxy) is 1. The summed E-state index contributed by atoms with van der Waals surface area (Å²) in [6, 6.07) is 7.73. The number of rotatable bonds is 7. The van der Waals surface area contributed by atoms with Gasteiger partial charge in [0, 0.05) is 18.2 Å². The Morgan fingerprint density at radius 1 is 1.48 bits per heavy atom. The summed E-state index contributed by atoms with van der Waals surface area (Å²) in [6.07, 6.45) is 2.42. The van der Waals surface area contributed by atoms with Crippen LogP contribution in [0.2, 0.25) is 0 Å². The molecule has 0 fully saturated rings. The molecular weight excluding hydrogens is 326 g/mol. The van der Waals surface area contributed by atoms with E-state index in [1.807, 2.05) is 6.07 Å². The fourth-order valence-electron chi connectivity index (χ4n) is 1.72. The number of nitro groups is 1. The van der Waals surface area contributed by atoms with E-state index in [0.29, 0.717) is 5.56 Å². The first-order valence-electron chi connectivity index (χ1n) is 7.49. The third-order valence-corrected chi connectivity index (χ3v) is 3.62. The molecule has 1 amide bonds. The van der Waals surface area contributed by atoms with Gasteiger partial charge in [0.15, 0.2) is 6.61 Å². The molecule has 0 bridgehead atoms. The standard InChI is InChI=1S/C17H19N3O5/c1-12(2)17(3,11-18)19-15(21)10-25-16(22)8-7-13-5-4-6-14(9-13)20(23)24/h4-9,12H,10H2,1-3H3,(H,19,21)/b8-7+. The number of nitro benzene ring substituents is 1. The van der Waals surface area contributed by atoms with Crippen LogP contribution in [-0.2, 0) is 14.3 Å². The van der Waals surface area contributed by atoms with Crippen LogP contribution in [-0.4, -0.2) is 28.9 Å². The molecule has 0 spiro atoms. The fraction of sp³-hybridized carbons (Fsp3) is 0.353. The highest BCUT2D eigenvalue weighted by atomic mass is 16.6. The summed E-state index contributed by atoms with van der Waals surface area (Å²) in [5, 5.41) is 22.3. The number of nitrogens with zero attached hydrogens (tertiary/aromatic N) is 2. The zero-order valence-corrected chi connectivity index (χ0v) is 14.2. The Morgan fingerprint density at radius 2 is 2.16 bits per heavy atom. The molecule has 8 heteroatoms. The number of carbonyl (C=O) groups is 2. The Hall–Kier alpha value is -3.21. The topological polar surface area (TPSA) is 122 Å². The van der Waals surface area contributed by atoms with Gasteiger partial charge in [-0.2, -0.15) is 5.26 Å². The van der Waals surface area contributed by atoms with Crippen LogP contribution in [0.15, 0.2) is 30.3 Å². The lowest BCUT2D eigenvalue weighted by Crippen LogP contribution is -2.50. The summed E-state index contributed by atoms with van der Waals surface area (Å²) < 4.78 is 4.79. The predicted octanol–water partition coefficient (Wildman–Crippen LogP) is 2.21. The van der Waals surface area contributed by atoms with Crippen molar-refractivity contribution in [3.63, 3.8) is 0 Å². The molecule has 0 aliphatic rings. The molecule has 1 aromatic rings. The second kappa shape index (κ2) is 8.59. The van der Waals surface area contributed by atoms with Crippen molar-refractivity contribution < 1.29 is 19.2 Å². The van der Waals surface area contributed by atoms with Gasteiger partial charge in [-0.05, 0) is 24.5 Å². The van der Waals surface area contributed by atoms with Crippen LogP contribution in [0.3, 0.4) is 0 Å². The largest absolute Gasteiger partial charge is 0.452 e. The minimum absolute atomic E-state index is 0.0978. The molecule has 1 atom stereocenters. The van der Waals surface area contributed by atoms with Crippen molar-refractivity contribution >= 4 is 23.6 Å². The lowest BCUT2D eigenvalue weighted by Gasteiger charge is -2.27. The van der Waals surface area contributed by atoms with Gasteiger partial charge in [0.2, 0.25) is 0 Å². The van der Waals surface area contributed by atoms with Crippen molar-refractivity contribution in [2.24, 2.45) is 5.92 Å². The normalized spacial score (nSPS) is 13.1. The quantitative estimate of drug-likeness (QED) is 0.350. The van der Waals surface area contributed by atoms with Crippen LogP contribution in [0.1, 0.15) is 26.3 Å². The number of esters is 1. The molecule has 1 N–H and O–H groups in total. The van der Waals surface area contributed by atoms with Crippen molar-refractivity contribution in [2.45, 2.75) is 26.3 Å². The molecule has 0 heterocycles. The van der Waals surface area contributed by atoms with Crippen molar-refractivity contribution in [1.29, 1.82) is 5.26 Å². The minimum atomic E-state index is -1.05. The molecule has 1 aromatic carbocycles. The van der Waals surface area contributed by atoms with Crippen LogP contribution in [0.25, 0.3) is 6.08 Å². The molecule has 1 unspecified atom stereocenters. The van der Waals surface area contributed by atoms with Gasteiger partial charge in [0.25, 0.3) is 11.6 Å². The summed E-state index contributed by atoms with van der Waals surface area (Å²) >= 11 is 0. The Bertz CT molecular complexity index is 736. The van der Waals surface area contributed by atoms with Gasteiger partial charge in [-0.15, -0.1) is 0 Å². The number of benzene rings is 1. The smallest absolute Gasteiger partial charge is 0.331 e. The van der Waals surface area contributed by atoms with Crippen LogP contribution in [0.5, 0.6) is 0 Å². The monoisotopic (exact) mass is 345 g/mol. The van der Waals surface area contributed by atoms with Gasteiger partial charge in [0.05, 0.1) is 11.0 Å². The number of amides is 1. The fourth-order valence-corrected chi connectivity index (χ4v) is 1.72. The second-order valence-electron chi connectivity index (χ2n) is 5.81. The molecule has 1 rings (SSSR count). The Balaban J connectivity index is 2.58. The third-order valence-electron chi connectivity index (χ3n) is 3.62. The average Bonchev–Trinajstić information content (AvgIpc) is 2.58. The van der Waals surface area contributed by atoms with E-state index in [0.717, 1.165) is 6.08 Å².